The van der Waals surface area contributed by atoms with Crippen LogP contribution in [0, 0.1) is 6.92 Å². The molecular weight excluding hydrogens is 364 g/mol. The van der Waals surface area contributed by atoms with Gasteiger partial charge in [-0.25, -0.2) is 4.79 Å². The first-order chi connectivity index (χ1) is 12.0. The quantitative estimate of drug-likeness (QED) is 0.659. The number of amides is 3. The largest absolute Gasteiger partial charge is 0.325 e. The van der Waals surface area contributed by atoms with E-state index in [1.54, 1.807) is 31.2 Å². The SMILES string of the molecule is Cc1nnc2sc(SCC(=O)NC(=O)Nc3ccccc3)nn2c1=O. The van der Waals surface area contributed by atoms with Gasteiger partial charge in [-0.3, -0.25) is 14.9 Å². The minimum absolute atomic E-state index is 0.0246. The van der Waals surface area contributed by atoms with Gasteiger partial charge in [-0.05, 0) is 19.1 Å². The molecule has 2 N–H and O–H groups in total. The molecule has 0 fully saturated rings. The van der Waals surface area contributed by atoms with Crippen molar-refractivity contribution in [3.05, 3.63) is 46.4 Å². The highest BCUT2D eigenvalue weighted by molar-refractivity contribution is 8.01. The zero-order chi connectivity index (χ0) is 17.8. The fraction of sp³-hybridized carbons (Fsp3) is 0.143. The van der Waals surface area contributed by atoms with E-state index in [4.69, 9.17) is 0 Å². The van der Waals surface area contributed by atoms with Crippen molar-refractivity contribution < 1.29 is 9.59 Å². The van der Waals surface area contributed by atoms with Gasteiger partial charge in [0.1, 0.15) is 5.69 Å². The monoisotopic (exact) mass is 376 g/mol. The van der Waals surface area contributed by atoms with Crippen molar-refractivity contribution in [2.24, 2.45) is 0 Å². The standard InChI is InChI=1S/C14H12N6O3S2/c1-8-11(22)20-13(18-17-8)25-14(19-20)24-7-10(21)16-12(23)15-9-5-3-2-4-6-9/h2-6H,7H2,1H3,(H2,15,16,21,23). The molecule has 0 spiro atoms. The number of aryl methyl sites for hydroxylation is 1. The average Bonchev–Trinajstić information content (AvgIpc) is 3.01. The van der Waals surface area contributed by atoms with Gasteiger partial charge in [-0.1, -0.05) is 41.3 Å². The second kappa shape index (κ2) is 7.40. The van der Waals surface area contributed by atoms with Crippen LogP contribution in [0.2, 0.25) is 0 Å². The van der Waals surface area contributed by atoms with E-state index in [0.717, 1.165) is 27.6 Å². The predicted octanol–water partition coefficient (Wildman–Crippen LogP) is 1.29. The zero-order valence-electron chi connectivity index (χ0n) is 12.9. The van der Waals surface area contributed by atoms with Gasteiger partial charge >= 0.3 is 6.03 Å². The van der Waals surface area contributed by atoms with Crippen molar-refractivity contribution in [3.63, 3.8) is 0 Å². The van der Waals surface area contributed by atoms with E-state index < -0.39 is 11.9 Å². The predicted molar refractivity (Wildman–Crippen MR) is 94.0 cm³/mol. The Morgan fingerprint density at radius 1 is 1.24 bits per heavy atom. The molecule has 3 amide bonds. The minimum Gasteiger partial charge on any atom is -0.308 e. The summed E-state index contributed by atoms with van der Waals surface area (Å²) in [5, 5.41) is 16.5. The Kier molecular flexibility index (Phi) is 5.05. The number of carbonyl (C=O) groups excluding carboxylic acids is 2. The maximum absolute atomic E-state index is 11.9. The number of hydrogen-bond donors (Lipinski definition) is 2. The number of thioether (sulfide) groups is 1. The Balaban J connectivity index is 1.56. The van der Waals surface area contributed by atoms with Crippen molar-refractivity contribution in [2.45, 2.75) is 11.3 Å². The van der Waals surface area contributed by atoms with Crippen molar-refractivity contribution >= 4 is 45.7 Å². The number of urea groups is 1. The number of anilines is 1. The molecule has 0 saturated heterocycles. The number of para-hydroxylation sites is 1. The van der Waals surface area contributed by atoms with Crippen LogP contribution in [0.5, 0.6) is 0 Å². The molecule has 2 heterocycles. The van der Waals surface area contributed by atoms with Crippen LogP contribution in [0.25, 0.3) is 4.96 Å². The number of carbonyl (C=O) groups is 2. The second-order valence-corrected chi connectivity index (χ2v) is 6.99. The zero-order valence-corrected chi connectivity index (χ0v) is 14.6. The van der Waals surface area contributed by atoms with E-state index in [1.807, 2.05) is 6.07 Å². The lowest BCUT2D eigenvalue weighted by Crippen LogP contribution is -2.35. The summed E-state index contributed by atoms with van der Waals surface area (Å²) in [6.45, 7) is 1.55. The molecule has 0 unspecified atom stereocenters. The summed E-state index contributed by atoms with van der Waals surface area (Å²) >= 11 is 2.25. The van der Waals surface area contributed by atoms with Gasteiger partial charge in [0, 0.05) is 5.69 Å². The maximum atomic E-state index is 11.9. The van der Waals surface area contributed by atoms with Crippen LogP contribution >= 0.6 is 23.1 Å². The second-order valence-electron chi connectivity index (χ2n) is 4.81. The molecule has 9 nitrogen and oxygen atoms in total. The lowest BCUT2D eigenvalue weighted by atomic mass is 10.3. The van der Waals surface area contributed by atoms with Gasteiger partial charge < -0.3 is 5.32 Å². The van der Waals surface area contributed by atoms with Gasteiger partial charge in [-0.15, -0.1) is 15.3 Å². The molecule has 2 aromatic heterocycles. The highest BCUT2D eigenvalue weighted by Crippen LogP contribution is 2.22. The van der Waals surface area contributed by atoms with Gasteiger partial charge in [0.05, 0.1) is 5.75 Å². The number of rotatable bonds is 4. The van der Waals surface area contributed by atoms with Crippen LogP contribution in [0.1, 0.15) is 5.69 Å². The van der Waals surface area contributed by atoms with Crippen LogP contribution < -0.4 is 16.2 Å². The smallest absolute Gasteiger partial charge is 0.308 e. The maximum Gasteiger partial charge on any atom is 0.325 e. The van der Waals surface area contributed by atoms with Gasteiger partial charge in [0.15, 0.2) is 4.34 Å². The molecule has 128 valence electrons. The fourth-order valence-electron chi connectivity index (χ4n) is 1.81. The van der Waals surface area contributed by atoms with Crippen LogP contribution in [0.4, 0.5) is 10.5 Å². The molecule has 0 aliphatic carbocycles. The number of imide groups is 1. The molecule has 0 aliphatic heterocycles. The van der Waals surface area contributed by atoms with E-state index in [-0.39, 0.29) is 17.0 Å². The first-order valence-corrected chi connectivity index (χ1v) is 8.85. The molecular formula is C14H12N6O3S2. The average molecular weight is 376 g/mol. The van der Waals surface area contributed by atoms with Crippen LogP contribution in [0.3, 0.4) is 0 Å². The van der Waals surface area contributed by atoms with Gasteiger partial charge in [0.25, 0.3) is 5.56 Å². The summed E-state index contributed by atoms with van der Waals surface area (Å²) in [6, 6.07) is 8.17. The molecule has 0 aliphatic rings. The van der Waals surface area contributed by atoms with Crippen molar-refractivity contribution in [3.8, 4) is 0 Å². The number of benzene rings is 1. The molecule has 0 atom stereocenters. The lowest BCUT2D eigenvalue weighted by Gasteiger charge is -2.05. The molecule has 25 heavy (non-hydrogen) atoms. The van der Waals surface area contributed by atoms with Crippen LogP contribution in [-0.4, -0.2) is 37.5 Å². The third-order valence-corrected chi connectivity index (χ3v) is 4.97. The highest BCUT2D eigenvalue weighted by Gasteiger charge is 2.13. The first kappa shape index (κ1) is 17.0. The first-order valence-electron chi connectivity index (χ1n) is 7.05. The number of nitrogens with zero attached hydrogens (tertiary/aromatic N) is 4. The Morgan fingerprint density at radius 3 is 2.76 bits per heavy atom. The van der Waals surface area contributed by atoms with E-state index in [2.05, 4.69) is 25.9 Å². The Morgan fingerprint density at radius 2 is 2.00 bits per heavy atom. The highest BCUT2D eigenvalue weighted by atomic mass is 32.2. The number of aromatic nitrogens is 4. The van der Waals surface area contributed by atoms with Crippen LogP contribution in [0.15, 0.2) is 39.5 Å². The molecule has 0 radical (unpaired) electrons. The van der Waals surface area contributed by atoms with E-state index >= 15 is 0 Å². The molecule has 0 saturated carbocycles. The normalized spacial score (nSPS) is 10.6. The summed E-state index contributed by atoms with van der Waals surface area (Å²) in [5.41, 5.74) is 0.481. The van der Waals surface area contributed by atoms with E-state index in [1.165, 1.54) is 0 Å². The van der Waals surface area contributed by atoms with Crippen molar-refractivity contribution in [1.82, 2.24) is 25.1 Å². The van der Waals surface area contributed by atoms with Crippen molar-refractivity contribution in [2.75, 3.05) is 11.1 Å². The molecule has 3 rings (SSSR count). The van der Waals surface area contributed by atoms with Crippen molar-refractivity contribution in [1.29, 1.82) is 0 Å². The van der Waals surface area contributed by atoms with Gasteiger partial charge in [-0.2, -0.15) is 4.52 Å². The fourth-order valence-corrected chi connectivity index (χ4v) is 3.48. The molecule has 3 aromatic rings. The third-order valence-electron chi connectivity index (χ3n) is 2.94. The van der Waals surface area contributed by atoms with E-state index in [0.29, 0.717) is 15.0 Å². The van der Waals surface area contributed by atoms with Crippen LogP contribution in [-0.2, 0) is 4.79 Å². The Bertz CT molecular complexity index is 985. The Hall–Kier alpha value is -2.79. The van der Waals surface area contributed by atoms with E-state index in [9.17, 15) is 14.4 Å². The van der Waals surface area contributed by atoms with Gasteiger partial charge in [0.2, 0.25) is 10.9 Å². The minimum atomic E-state index is -0.612. The summed E-state index contributed by atoms with van der Waals surface area (Å²) < 4.78 is 1.63. The summed E-state index contributed by atoms with van der Waals surface area (Å²) in [4.78, 5) is 35.8. The third kappa shape index (κ3) is 4.19. The topological polar surface area (TPSA) is 118 Å². The number of hydrogen-bond acceptors (Lipinski definition) is 8. The molecule has 1 aromatic carbocycles. The summed E-state index contributed by atoms with van der Waals surface area (Å²) in [7, 11) is 0. The number of fused-ring (bicyclic) bond motifs is 1. The Labute approximate surface area is 149 Å². The molecule has 11 heteroatoms. The summed E-state index contributed by atoms with van der Waals surface area (Å²) in [5.74, 6) is -0.504. The lowest BCUT2D eigenvalue weighted by molar-refractivity contribution is -0.117. The molecule has 0 bridgehead atoms. The summed E-state index contributed by atoms with van der Waals surface area (Å²) in [6.07, 6.45) is 0. The number of nitrogens with one attached hydrogen (secondary N) is 2.